The quantitative estimate of drug-likeness (QED) is 0.627. The van der Waals surface area contributed by atoms with Gasteiger partial charge in [-0.05, 0) is 6.92 Å². The molecule has 1 aliphatic rings. The summed E-state index contributed by atoms with van der Waals surface area (Å²) in [7, 11) is 1.58. The Morgan fingerprint density at radius 3 is 3.00 bits per heavy atom. The third-order valence-electron chi connectivity index (χ3n) is 2.72. The van der Waals surface area contributed by atoms with Crippen molar-refractivity contribution in [2.75, 3.05) is 33.4 Å². The zero-order chi connectivity index (χ0) is 12.8. The summed E-state index contributed by atoms with van der Waals surface area (Å²) >= 11 is 0. The zero-order valence-corrected chi connectivity index (χ0v) is 10.3. The van der Waals surface area contributed by atoms with Gasteiger partial charge in [0.15, 0.2) is 0 Å². The Kier molecular flexibility index (Phi) is 5.37. The molecule has 0 saturated carbocycles. The van der Waals surface area contributed by atoms with Crippen LogP contribution in [0.1, 0.15) is 13.3 Å². The molecule has 2 N–H and O–H groups in total. The Hall–Kier alpha value is -1.14. The highest BCUT2D eigenvalue weighted by molar-refractivity contribution is 5.89. The second-order valence-corrected chi connectivity index (χ2v) is 4.33. The van der Waals surface area contributed by atoms with E-state index in [2.05, 4.69) is 5.32 Å². The summed E-state index contributed by atoms with van der Waals surface area (Å²) < 4.78 is 4.90. The van der Waals surface area contributed by atoms with Crippen molar-refractivity contribution in [3.05, 3.63) is 0 Å². The molecule has 1 aliphatic heterocycles. The summed E-state index contributed by atoms with van der Waals surface area (Å²) in [6, 6.07) is 0. The highest BCUT2D eigenvalue weighted by Gasteiger charge is 2.33. The smallest absolute Gasteiger partial charge is 0.225 e. The monoisotopic (exact) mass is 244 g/mol. The average molecular weight is 244 g/mol. The predicted octanol–water partition coefficient (Wildman–Crippen LogP) is -1.02. The van der Waals surface area contributed by atoms with Crippen LogP contribution in [0.4, 0.5) is 0 Å². The lowest BCUT2D eigenvalue weighted by Gasteiger charge is -2.16. The van der Waals surface area contributed by atoms with Crippen molar-refractivity contribution in [1.82, 2.24) is 10.2 Å². The summed E-state index contributed by atoms with van der Waals surface area (Å²) in [5.74, 6) is -0.489. The molecule has 0 aromatic heterocycles. The van der Waals surface area contributed by atoms with Crippen molar-refractivity contribution in [1.29, 1.82) is 0 Å². The fourth-order valence-electron chi connectivity index (χ4n) is 1.76. The van der Waals surface area contributed by atoms with Gasteiger partial charge in [-0.3, -0.25) is 9.59 Å². The minimum atomic E-state index is -0.569. The topological polar surface area (TPSA) is 78.9 Å². The second kappa shape index (κ2) is 6.56. The van der Waals surface area contributed by atoms with Gasteiger partial charge in [0.1, 0.15) is 0 Å². The van der Waals surface area contributed by atoms with E-state index in [-0.39, 0.29) is 30.7 Å². The van der Waals surface area contributed by atoms with E-state index in [4.69, 9.17) is 9.84 Å². The second-order valence-electron chi connectivity index (χ2n) is 4.33. The first kappa shape index (κ1) is 13.9. The Morgan fingerprint density at radius 1 is 1.71 bits per heavy atom. The number of aliphatic hydroxyl groups is 1. The molecule has 17 heavy (non-hydrogen) atoms. The lowest BCUT2D eigenvalue weighted by atomic mass is 10.1. The number of nitrogens with one attached hydrogen (secondary N) is 1. The van der Waals surface area contributed by atoms with Crippen LogP contribution in [0.2, 0.25) is 0 Å². The Balaban J connectivity index is 2.37. The number of hydrogen-bond donors (Lipinski definition) is 2. The summed E-state index contributed by atoms with van der Waals surface area (Å²) in [6.07, 6.45) is -0.323. The molecule has 1 rings (SSSR count). The molecule has 98 valence electrons. The Bertz CT molecular complexity index is 281. The van der Waals surface area contributed by atoms with Crippen LogP contribution in [0, 0.1) is 5.92 Å². The van der Waals surface area contributed by atoms with E-state index in [1.165, 1.54) is 0 Å². The van der Waals surface area contributed by atoms with E-state index in [9.17, 15) is 9.59 Å². The van der Waals surface area contributed by atoms with Crippen molar-refractivity contribution in [3.8, 4) is 0 Å². The summed E-state index contributed by atoms with van der Waals surface area (Å²) in [4.78, 5) is 24.9. The van der Waals surface area contributed by atoms with Gasteiger partial charge >= 0.3 is 0 Å². The number of hydrogen-bond acceptors (Lipinski definition) is 4. The van der Waals surface area contributed by atoms with Crippen LogP contribution >= 0.6 is 0 Å². The molecule has 1 unspecified atom stereocenters. The van der Waals surface area contributed by atoms with Gasteiger partial charge in [-0.2, -0.15) is 0 Å². The van der Waals surface area contributed by atoms with Crippen LogP contribution in [0.5, 0.6) is 0 Å². The van der Waals surface area contributed by atoms with Crippen molar-refractivity contribution in [2.24, 2.45) is 5.92 Å². The number of ether oxygens (including phenoxy) is 1. The summed E-state index contributed by atoms with van der Waals surface area (Å²) in [5.41, 5.74) is 0. The third kappa shape index (κ3) is 4.32. The number of methoxy groups -OCH3 is 1. The number of carbonyl (C=O) groups is 2. The van der Waals surface area contributed by atoms with Gasteiger partial charge in [0, 0.05) is 33.2 Å². The maximum Gasteiger partial charge on any atom is 0.225 e. The molecule has 0 spiro atoms. The number of carbonyl (C=O) groups excluding carboxylic acids is 2. The number of aliphatic hydroxyl groups excluding tert-OH is 1. The van der Waals surface area contributed by atoms with Crippen LogP contribution in [-0.2, 0) is 14.3 Å². The number of amides is 2. The normalized spacial score (nSPS) is 21.7. The molecule has 0 aromatic carbocycles. The minimum absolute atomic E-state index is 0.0146. The number of nitrogens with zero attached hydrogens (tertiary/aromatic N) is 1. The van der Waals surface area contributed by atoms with Crippen molar-refractivity contribution in [3.63, 3.8) is 0 Å². The fraction of sp³-hybridized carbons (Fsp3) is 0.818. The van der Waals surface area contributed by atoms with E-state index >= 15 is 0 Å². The molecule has 0 bridgehead atoms. The number of rotatable bonds is 6. The summed E-state index contributed by atoms with van der Waals surface area (Å²) in [5, 5.41) is 11.7. The van der Waals surface area contributed by atoms with Gasteiger partial charge < -0.3 is 20.1 Å². The molecule has 2 atom stereocenters. The first-order chi connectivity index (χ1) is 8.04. The van der Waals surface area contributed by atoms with E-state index < -0.39 is 6.10 Å². The molecule has 2 amide bonds. The molecule has 1 fully saturated rings. The third-order valence-corrected chi connectivity index (χ3v) is 2.72. The van der Waals surface area contributed by atoms with Crippen LogP contribution in [-0.4, -0.2) is 61.3 Å². The van der Waals surface area contributed by atoms with Gasteiger partial charge in [-0.15, -0.1) is 0 Å². The van der Waals surface area contributed by atoms with Gasteiger partial charge in [0.05, 0.1) is 18.6 Å². The van der Waals surface area contributed by atoms with E-state index in [1.54, 1.807) is 18.9 Å². The molecule has 1 saturated heterocycles. The van der Waals surface area contributed by atoms with Gasteiger partial charge in [-0.25, -0.2) is 0 Å². The molecular weight excluding hydrogens is 224 g/mol. The molecule has 1 heterocycles. The van der Waals surface area contributed by atoms with Crippen molar-refractivity contribution in [2.45, 2.75) is 19.4 Å². The molecule has 6 nitrogen and oxygen atoms in total. The standard InChI is InChI=1S/C11H20N2O4/c1-8(14)6-12-11(16)9-5-10(15)13(7-9)3-4-17-2/h8-9,14H,3-7H2,1-2H3,(H,12,16)/t8-,9?/m1/s1. The lowest BCUT2D eigenvalue weighted by molar-refractivity contribution is -0.129. The van der Waals surface area contributed by atoms with Crippen molar-refractivity contribution < 1.29 is 19.4 Å². The predicted molar refractivity (Wildman–Crippen MR) is 61.3 cm³/mol. The first-order valence-electron chi connectivity index (χ1n) is 5.77. The van der Waals surface area contributed by atoms with Gasteiger partial charge in [-0.1, -0.05) is 0 Å². The summed E-state index contributed by atoms with van der Waals surface area (Å²) in [6.45, 7) is 3.27. The largest absolute Gasteiger partial charge is 0.392 e. The van der Waals surface area contributed by atoms with E-state index in [0.717, 1.165) is 0 Å². The van der Waals surface area contributed by atoms with E-state index in [0.29, 0.717) is 19.7 Å². The highest BCUT2D eigenvalue weighted by atomic mass is 16.5. The van der Waals surface area contributed by atoms with Crippen LogP contribution in [0.25, 0.3) is 0 Å². The van der Waals surface area contributed by atoms with Gasteiger partial charge in [0.25, 0.3) is 0 Å². The van der Waals surface area contributed by atoms with E-state index in [1.807, 2.05) is 0 Å². The number of likely N-dealkylation sites (tertiary alicyclic amines) is 1. The molecular formula is C11H20N2O4. The van der Waals surface area contributed by atoms with Crippen LogP contribution < -0.4 is 5.32 Å². The maximum absolute atomic E-state index is 11.7. The SMILES string of the molecule is COCCN1CC(C(=O)NC[C@@H](C)O)CC1=O. The fourth-order valence-corrected chi connectivity index (χ4v) is 1.76. The first-order valence-corrected chi connectivity index (χ1v) is 5.77. The Morgan fingerprint density at radius 2 is 2.41 bits per heavy atom. The molecule has 0 aliphatic carbocycles. The molecule has 0 aromatic rings. The van der Waals surface area contributed by atoms with Crippen molar-refractivity contribution >= 4 is 11.8 Å². The van der Waals surface area contributed by atoms with Crippen LogP contribution in [0.15, 0.2) is 0 Å². The van der Waals surface area contributed by atoms with Crippen LogP contribution in [0.3, 0.4) is 0 Å². The highest BCUT2D eigenvalue weighted by Crippen LogP contribution is 2.17. The van der Waals surface area contributed by atoms with Gasteiger partial charge in [0.2, 0.25) is 11.8 Å². The average Bonchev–Trinajstić information content (AvgIpc) is 2.65. The maximum atomic E-state index is 11.7. The Labute approximate surface area is 101 Å². The molecule has 6 heteroatoms. The molecule has 0 radical (unpaired) electrons. The minimum Gasteiger partial charge on any atom is -0.392 e. The lowest BCUT2D eigenvalue weighted by Crippen LogP contribution is -2.37. The zero-order valence-electron chi connectivity index (χ0n) is 10.3.